The molecule has 0 saturated heterocycles. The van der Waals surface area contributed by atoms with E-state index in [2.05, 4.69) is 10.0 Å². The molecule has 7 nitrogen and oxygen atoms in total. The Hall–Kier alpha value is -2.63. The Balaban J connectivity index is 2.79. The lowest BCUT2D eigenvalue weighted by Crippen LogP contribution is -2.08. The molecule has 0 aliphatic heterocycles. The number of ether oxygens (including phenoxy) is 1. The summed E-state index contributed by atoms with van der Waals surface area (Å²) in [5, 5.41) is 12.2. The Kier molecular flexibility index (Phi) is 6.67. The Labute approximate surface area is 121 Å². The Morgan fingerprint density at radius 1 is 1.38 bits per heavy atom. The highest BCUT2D eigenvalue weighted by molar-refractivity contribution is 5.95. The van der Waals surface area contributed by atoms with Gasteiger partial charge in [-0.3, -0.25) is 9.59 Å². The van der Waals surface area contributed by atoms with Gasteiger partial charge in [0.2, 0.25) is 5.91 Å². The maximum absolute atomic E-state index is 11.3. The smallest absolute Gasteiger partial charge is 0.305 e. The molecule has 0 spiro atoms. The molecular formula is C14H15N3O4. The molecule has 1 amide bonds. The van der Waals surface area contributed by atoms with Gasteiger partial charge in [0.15, 0.2) is 0 Å². The number of carbonyl (C=O) groups excluding carboxylic acids is 2. The van der Waals surface area contributed by atoms with Gasteiger partial charge in [-0.2, -0.15) is 0 Å². The summed E-state index contributed by atoms with van der Waals surface area (Å²) in [4.78, 5) is 24.8. The van der Waals surface area contributed by atoms with Crippen molar-refractivity contribution in [2.24, 2.45) is 5.11 Å². The third kappa shape index (κ3) is 5.48. The number of nitrogens with zero attached hydrogens (tertiary/aromatic N) is 3. The van der Waals surface area contributed by atoms with Crippen molar-refractivity contribution in [2.45, 2.75) is 13.3 Å². The van der Waals surface area contributed by atoms with E-state index in [0.29, 0.717) is 5.57 Å². The first-order valence-corrected chi connectivity index (χ1v) is 6.26. The van der Waals surface area contributed by atoms with Crippen molar-refractivity contribution >= 4 is 18.0 Å². The van der Waals surface area contributed by atoms with Crippen molar-refractivity contribution in [2.75, 3.05) is 13.2 Å². The lowest BCUT2D eigenvalue weighted by Gasteiger charge is -2.06. The number of hydrogen-bond donors (Lipinski definition) is 1. The maximum atomic E-state index is 11.3. The van der Waals surface area contributed by atoms with Gasteiger partial charge in [0.05, 0.1) is 6.61 Å². The first-order chi connectivity index (χ1) is 10.1. The highest BCUT2D eigenvalue weighted by Crippen LogP contribution is 2.10. The average Bonchev–Trinajstić information content (AvgIpc) is 2.51. The van der Waals surface area contributed by atoms with E-state index in [-0.39, 0.29) is 31.2 Å². The third-order valence-corrected chi connectivity index (χ3v) is 2.57. The molecule has 0 aliphatic carbocycles. The van der Waals surface area contributed by atoms with E-state index in [0.717, 1.165) is 5.56 Å². The van der Waals surface area contributed by atoms with Gasteiger partial charge in [-0.25, -0.2) is 0 Å². The molecule has 0 bridgehead atoms. The third-order valence-electron chi connectivity index (χ3n) is 2.57. The molecule has 0 heterocycles. The number of rotatable bonds is 6. The summed E-state index contributed by atoms with van der Waals surface area (Å²) in [6.07, 6.45) is 1.93. The van der Waals surface area contributed by atoms with Crippen molar-refractivity contribution in [1.82, 2.24) is 0 Å². The molecule has 0 unspecified atom stereocenters. The molecule has 110 valence electrons. The zero-order valence-electron chi connectivity index (χ0n) is 11.5. The van der Waals surface area contributed by atoms with Gasteiger partial charge in [-0.15, -0.1) is 0 Å². The molecule has 1 N–H and O–H groups in total. The minimum Gasteiger partial charge on any atom is -0.461 e. The molecule has 0 radical (unpaired) electrons. The van der Waals surface area contributed by atoms with Crippen molar-refractivity contribution in [3.8, 4) is 0 Å². The Morgan fingerprint density at radius 2 is 2.05 bits per heavy atom. The number of azide groups is 1. The van der Waals surface area contributed by atoms with Crippen molar-refractivity contribution in [3.63, 3.8) is 0 Å². The van der Waals surface area contributed by atoms with Crippen LogP contribution in [-0.4, -0.2) is 30.2 Å². The van der Waals surface area contributed by atoms with Crippen LogP contribution in [0.4, 0.5) is 0 Å². The molecule has 0 atom stereocenters. The Morgan fingerprint density at radius 3 is 2.57 bits per heavy atom. The number of esters is 1. The minimum absolute atomic E-state index is 0.0164. The van der Waals surface area contributed by atoms with Gasteiger partial charge in [-0.05, 0) is 21.8 Å². The number of amides is 1. The van der Waals surface area contributed by atoms with Crippen LogP contribution in [0.1, 0.15) is 29.3 Å². The zero-order valence-corrected chi connectivity index (χ0v) is 11.5. The number of carbonyl (C=O) groups is 2. The van der Waals surface area contributed by atoms with Crippen molar-refractivity contribution in [3.05, 3.63) is 51.4 Å². The second-order valence-electron chi connectivity index (χ2n) is 4.09. The standard InChI is InChI=1S/C14H15N3O4/c1-2-13(19)21-9-11(8-18)7-10-3-5-12(6-4-10)14(20)16-17-15/h3-7,18H,2,8-9H2,1H3/b11-7-. The summed E-state index contributed by atoms with van der Waals surface area (Å²) >= 11 is 0. The van der Waals surface area contributed by atoms with Crippen LogP contribution >= 0.6 is 0 Å². The summed E-state index contributed by atoms with van der Waals surface area (Å²) < 4.78 is 4.93. The molecule has 1 aromatic rings. The molecule has 21 heavy (non-hydrogen) atoms. The van der Waals surface area contributed by atoms with Crippen LogP contribution in [0.3, 0.4) is 0 Å². The van der Waals surface area contributed by atoms with E-state index in [1.165, 1.54) is 12.1 Å². The minimum atomic E-state index is -0.660. The molecular weight excluding hydrogens is 274 g/mol. The van der Waals surface area contributed by atoms with E-state index in [4.69, 9.17) is 10.3 Å². The van der Waals surface area contributed by atoms with Crippen LogP contribution in [0, 0.1) is 0 Å². The number of benzene rings is 1. The monoisotopic (exact) mass is 289 g/mol. The SMILES string of the molecule is CCC(=O)OC/C(=C\c1ccc(C(=O)N=[N+]=[N-])cc1)CO. The first-order valence-electron chi connectivity index (χ1n) is 6.26. The fraction of sp³-hybridized carbons (Fsp3) is 0.286. The normalized spacial score (nSPS) is 10.7. The van der Waals surface area contributed by atoms with Gasteiger partial charge < -0.3 is 9.84 Å². The highest BCUT2D eigenvalue weighted by Gasteiger charge is 2.04. The molecule has 7 heteroatoms. The molecule has 0 aromatic heterocycles. The van der Waals surface area contributed by atoms with E-state index in [9.17, 15) is 14.7 Å². The molecule has 0 saturated carbocycles. The second kappa shape index (κ2) is 8.52. The molecule has 1 rings (SSSR count). The molecule has 0 aliphatic rings. The lowest BCUT2D eigenvalue weighted by molar-refractivity contribution is -0.142. The van der Waals surface area contributed by atoms with E-state index in [1.54, 1.807) is 25.1 Å². The van der Waals surface area contributed by atoms with Gasteiger partial charge >= 0.3 is 5.97 Å². The lowest BCUT2D eigenvalue weighted by atomic mass is 10.1. The predicted octanol–water partition coefficient (Wildman–Crippen LogP) is 2.47. The summed E-state index contributed by atoms with van der Waals surface area (Å²) in [6.45, 7) is 1.46. The topological polar surface area (TPSA) is 112 Å². The predicted molar refractivity (Wildman–Crippen MR) is 76.2 cm³/mol. The number of hydrogen-bond acceptors (Lipinski definition) is 4. The Bertz CT molecular complexity index is 587. The second-order valence-corrected chi connectivity index (χ2v) is 4.09. The van der Waals surface area contributed by atoms with Gasteiger partial charge in [0.25, 0.3) is 0 Å². The van der Waals surface area contributed by atoms with Crippen LogP contribution in [-0.2, 0) is 9.53 Å². The van der Waals surface area contributed by atoms with Crippen LogP contribution in [0.2, 0.25) is 0 Å². The van der Waals surface area contributed by atoms with E-state index < -0.39 is 5.91 Å². The van der Waals surface area contributed by atoms with Crippen LogP contribution in [0.25, 0.3) is 16.5 Å². The maximum Gasteiger partial charge on any atom is 0.305 e. The summed E-state index contributed by atoms with van der Waals surface area (Å²) in [6, 6.07) is 6.29. The first kappa shape index (κ1) is 16.4. The fourth-order valence-corrected chi connectivity index (χ4v) is 1.46. The summed E-state index contributed by atoms with van der Waals surface area (Å²) in [5.41, 5.74) is 9.72. The van der Waals surface area contributed by atoms with Crippen molar-refractivity contribution in [1.29, 1.82) is 0 Å². The van der Waals surface area contributed by atoms with E-state index in [1.807, 2.05) is 0 Å². The molecule has 1 aromatic carbocycles. The van der Waals surface area contributed by atoms with Crippen molar-refractivity contribution < 1.29 is 19.4 Å². The number of aliphatic hydroxyl groups is 1. The number of aliphatic hydroxyl groups excluding tert-OH is 1. The van der Waals surface area contributed by atoms with Gasteiger partial charge in [0.1, 0.15) is 6.61 Å². The zero-order chi connectivity index (χ0) is 15.7. The summed E-state index contributed by atoms with van der Waals surface area (Å²) in [5.74, 6) is -1.00. The van der Waals surface area contributed by atoms with E-state index >= 15 is 0 Å². The fourth-order valence-electron chi connectivity index (χ4n) is 1.46. The summed E-state index contributed by atoms with van der Waals surface area (Å²) in [7, 11) is 0. The van der Waals surface area contributed by atoms with Crippen LogP contribution < -0.4 is 0 Å². The highest BCUT2D eigenvalue weighted by atomic mass is 16.5. The largest absolute Gasteiger partial charge is 0.461 e. The average molecular weight is 289 g/mol. The van der Waals surface area contributed by atoms with Gasteiger partial charge in [0, 0.05) is 16.9 Å². The van der Waals surface area contributed by atoms with Crippen LogP contribution in [0.15, 0.2) is 35.0 Å². The molecule has 0 fully saturated rings. The quantitative estimate of drug-likeness (QED) is 0.375. The van der Waals surface area contributed by atoms with Gasteiger partial charge in [-0.1, -0.05) is 37.3 Å². The van der Waals surface area contributed by atoms with Crippen LogP contribution in [0.5, 0.6) is 0 Å².